The van der Waals surface area contributed by atoms with Gasteiger partial charge in [0.05, 0.1) is 6.61 Å². The third kappa shape index (κ3) is 3.03. The van der Waals surface area contributed by atoms with Gasteiger partial charge in [-0.2, -0.15) is 4.99 Å². The summed E-state index contributed by atoms with van der Waals surface area (Å²) < 4.78 is 5.74. The molecule has 1 heterocycles. The highest BCUT2D eigenvalue weighted by Gasteiger charge is 2.23. The zero-order valence-electron chi connectivity index (χ0n) is 6.48. The summed E-state index contributed by atoms with van der Waals surface area (Å²) in [6.07, 6.45) is 1.64. The van der Waals surface area contributed by atoms with Crippen LogP contribution in [-0.2, 0) is 4.74 Å². The number of nitrogens with one attached hydrogen (secondary N) is 1. The van der Waals surface area contributed by atoms with Gasteiger partial charge in [-0.05, 0) is 11.6 Å². The van der Waals surface area contributed by atoms with Gasteiger partial charge in [-0.15, -0.1) is 0 Å². The van der Waals surface area contributed by atoms with Crippen molar-refractivity contribution in [1.82, 2.24) is 0 Å². The first-order valence-electron chi connectivity index (χ1n) is 3.20. The first-order valence-corrected chi connectivity index (χ1v) is 4.37. The van der Waals surface area contributed by atoms with E-state index in [0.29, 0.717) is 11.8 Å². The van der Waals surface area contributed by atoms with Gasteiger partial charge in [0, 0.05) is 23.0 Å². The van der Waals surface area contributed by atoms with Crippen molar-refractivity contribution in [3.05, 3.63) is 11.4 Å². The second kappa shape index (κ2) is 5.94. The van der Waals surface area contributed by atoms with Crippen molar-refractivity contribution in [1.29, 1.82) is 0 Å². The quantitative estimate of drug-likeness (QED) is 0.559. The molecule has 0 aromatic rings. The maximum absolute atomic E-state index is 5.83. The highest BCUT2D eigenvalue weighted by molar-refractivity contribution is 9.18. The molecule has 0 amide bonds. The molecule has 70 valence electrons. The Morgan fingerprint density at radius 3 is 2.83 bits per heavy atom. The molecule has 1 aliphatic heterocycles. The zero-order valence-corrected chi connectivity index (χ0v) is 9.58. The summed E-state index contributed by atoms with van der Waals surface area (Å²) in [6.45, 7) is 1.47. The zero-order chi connectivity index (χ0) is 8.27. The maximum Gasteiger partial charge on any atom is 0.275 e. The first kappa shape index (κ1) is 12.4. The molecule has 1 aliphatic rings. The van der Waals surface area contributed by atoms with E-state index in [-0.39, 0.29) is 12.4 Å². The van der Waals surface area contributed by atoms with Crippen LogP contribution in [0.4, 0.5) is 0 Å². The molecule has 0 aromatic carbocycles. The van der Waals surface area contributed by atoms with Crippen LogP contribution in [0.1, 0.15) is 0 Å². The van der Waals surface area contributed by atoms with Crippen molar-refractivity contribution in [3.63, 3.8) is 0 Å². The Morgan fingerprint density at radius 1 is 1.75 bits per heavy atom. The van der Waals surface area contributed by atoms with Gasteiger partial charge in [0.25, 0.3) is 4.74 Å². The molecule has 0 aromatic heterocycles. The molecular formula is C6H9BrCl2N2O. The number of halogens is 3. The topological polar surface area (TPSA) is 26.0 Å². The molecule has 0 radical (unpaired) electrons. The van der Waals surface area contributed by atoms with E-state index in [2.05, 4.69) is 20.9 Å². The van der Waals surface area contributed by atoms with Crippen LogP contribution >= 0.6 is 27.5 Å². The highest BCUT2D eigenvalue weighted by Crippen LogP contribution is 2.00. The predicted molar refractivity (Wildman–Crippen MR) is 48.0 cm³/mol. The molecule has 0 spiro atoms. The Balaban J connectivity index is 0.00000121. The van der Waals surface area contributed by atoms with Crippen LogP contribution in [0.25, 0.3) is 0 Å². The minimum Gasteiger partial charge on any atom is -1.00 e. The van der Waals surface area contributed by atoms with Gasteiger partial charge in [-0.3, -0.25) is 0 Å². The van der Waals surface area contributed by atoms with Crippen molar-refractivity contribution < 1.29 is 22.0 Å². The summed E-state index contributed by atoms with van der Waals surface area (Å²) in [7, 11) is 1.66. The summed E-state index contributed by atoms with van der Waals surface area (Å²) in [4.78, 5) is 5.02. The Bertz CT molecular complexity index is 190. The second-order valence-corrected chi connectivity index (χ2v) is 3.28. The van der Waals surface area contributed by atoms with E-state index in [1.807, 2.05) is 0 Å². The molecule has 1 unspecified atom stereocenters. The molecule has 1 N–H and O–H groups in total. The molecule has 6 heteroatoms. The van der Waals surface area contributed by atoms with Gasteiger partial charge in [0.1, 0.15) is 12.7 Å². The number of quaternary nitrogens is 1. The van der Waals surface area contributed by atoms with Gasteiger partial charge >= 0.3 is 0 Å². The summed E-state index contributed by atoms with van der Waals surface area (Å²) in [5, 5.41) is 0.703. The molecule has 0 aliphatic carbocycles. The van der Waals surface area contributed by atoms with Crippen LogP contribution in [0.15, 0.2) is 16.3 Å². The summed E-state index contributed by atoms with van der Waals surface area (Å²) in [5.74, 6) is 0. The van der Waals surface area contributed by atoms with Crippen LogP contribution in [0.3, 0.4) is 0 Å². The lowest BCUT2D eigenvalue weighted by Gasteiger charge is -2.09. The third-order valence-corrected chi connectivity index (χ3v) is 2.39. The molecule has 1 atom stereocenters. The van der Waals surface area contributed by atoms with E-state index in [4.69, 9.17) is 16.3 Å². The normalized spacial score (nSPS) is 21.4. The smallest absolute Gasteiger partial charge is 0.275 e. The summed E-state index contributed by atoms with van der Waals surface area (Å²) >= 11 is 9.13. The molecule has 0 fully saturated rings. The molecular weight excluding hydrogens is 267 g/mol. The van der Waals surface area contributed by atoms with Gasteiger partial charge in [-0.1, -0.05) is 0 Å². The SMILES string of the molecule is COCC[NH+]1C(Cl)=CN=C1Br.[Cl-]. The van der Waals surface area contributed by atoms with Crippen molar-refractivity contribution in [2.45, 2.75) is 0 Å². The monoisotopic (exact) mass is 274 g/mol. The van der Waals surface area contributed by atoms with Crippen LogP contribution < -0.4 is 17.3 Å². The average Bonchev–Trinajstić information content (AvgIpc) is 2.29. The van der Waals surface area contributed by atoms with E-state index in [9.17, 15) is 0 Å². The fraction of sp³-hybridized carbons (Fsp3) is 0.500. The number of aliphatic imine (C=N–C) groups is 1. The minimum absolute atomic E-state index is 0. The van der Waals surface area contributed by atoms with E-state index >= 15 is 0 Å². The molecule has 0 saturated carbocycles. The van der Waals surface area contributed by atoms with Gasteiger partial charge in [0.2, 0.25) is 5.16 Å². The largest absolute Gasteiger partial charge is 1.00 e. The van der Waals surface area contributed by atoms with E-state index < -0.39 is 0 Å². The number of hydrogen-bond acceptors (Lipinski definition) is 2. The molecule has 1 rings (SSSR count). The minimum atomic E-state index is 0. The maximum atomic E-state index is 5.83. The number of methoxy groups -OCH3 is 1. The molecule has 0 saturated heterocycles. The van der Waals surface area contributed by atoms with Crippen molar-refractivity contribution in [2.75, 3.05) is 20.3 Å². The number of hydrogen-bond donors (Lipinski definition) is 1. The van der Waals surface area contributed by atoms with Gasteiger partial charge < -0.3 is 17.1 Å². The summed E-state index contributed by atoms with van der Waals surface area (Å²) in [6, 6.07) is 0. The van der Waals surface area contributed by atoms with Crippen molar-refractivity contribution in [2.24, 2.45) is 4.99 Å². The highest BCUT2D eigenvalue weighted by atomic mass is 79.9. The fourth-order valence-corrected chi connectivity index (χ4v) is 1.66. The second-order valence-electron chi connectivity index (χ2n) is 2.12. The third-order valence-electron chi connectivity index (χ3n) is 1.38. The predicted octanol–water partition coefficient (Wildman–Crippen LogP) is -2.68. The first-order chi connectivity index (χ1) is 5.25. The van der Waals surface area contributed by atoms with Crippen LogP contribution in [0.2, 0.25) is 0 Å². The number of rotatable bonds is 3. The van der Waals surface area contributed by atoms with Crippen LogP contribution in [0.5, 0.6) is 0 Å². The van der Waals surface area contributed by atoms with Crippen LogP contribution in [-0.4, -0.2) is 25.0 Å². The fourth-order valence-electron chi connectivity index (χ4n) is 0.794. The summed E-state index contributed by atoms with van der Waals surface area (Å²) in [5.41, 5.74) is 0. The Kier molecular flexibility index (Phi) is 6.13. The molecule has 3 nitrogen and oxygen atoms in total. The lowest BCUT2D eigenvalue weighted by Crippen LogP contribution is -3.10. The van der Waals surface area contributed by atoms with Crippen LogP contribution in [0, 0.1) is 0 Å². The van der Waals surface area contributed by atoms with E-state index in [1.54, 1.807) is 13.3 Å². The Labute approximate surface area is 91.0 Å². The van der Waals surface area contributed by atoms with Crippen molar-refractivity contribution in [3.8, 4) is 0 Å². The van der Waals surface area contributed by atoms with Gasteiger partial charge in [0.15, 0.2) is 0 Å². The Morgan fingerprint density at radius 2 is 2.42 bits per heavy atom. The standard InChI is InChI=1S/C6H8BrClN2O.ClH/c1-11-3-2-10-5(8)4-9-6(10)7;/h4H,2-3H2,1H3;1H. The van der Waals surface area contributed by atoms with Gasteiger partial charge in [-0.25, -0.2) is 4.90 Å². The average molecular weight is 276 g/mol. The lowest BCUT2D eigenvalue weighted by molar-refractivity contribution is -0.747. The number of ether oxygens (including phenoxy) is 1. The van der Waals surface area contributed by atoms with E-state index in [0.717, 1.165) is 16.2 Å². The lowest BCUT2D eigenvalue weighted by atomic mass is 10.6. The molecule has 0 bridgehead atoms. The number of amidine groups is 1. The molecule has 12 heavy (non-hydrogen) atoms. The van der Waals surface area contributed by atoms with Crippen molar-refractivity contribution >= 4 is 32.3 Å². The van der Waals surface area contributed by atoms with E-state index in [1.165, 1.54) is 0 Å². The Hall–Kier alpha value is 0.390. The number of nitrogens with zero attached hydrogens (tertiary/aromatic N) is 1.